The van der Waals surface area contributed by atoms with Crippen LogP contribution in [0.5, 0.6) is 0 Å². The van der Waals surface area contributed by atoms with Gasteiger partial charge in [0.05, 0.1) is 24.6 Å². The summed E-state index contributed by atoms with van der Waals surface area (Å²) in [4.78, 5) is 33.4. The maximum Gasteiger partial charge on any atom is 0.427 e. The van der Waals surface area contributed by atoms with Crippen LogP contribution in [0.3, 0.4) is 0 Å². The van der Waals surface area contributed by atoms with Crippen LogP contribution in [-0.4, -0.2) is 44.6 Å². The van der Waals surface area contributed by atoms with E-state index in [0.29, 0.717) is 30.4 Å². The van der Waals surface area contributed by atoms with Gasteiger partial charge in [0.1, 0.15) is 21.5 Å². The van der Waals surface area contributed by atoms with Crippen LogP contribution in [0.25, 0.3) is 10.6 Å². The molecule has 12 heteroatoms. The van der Waals surface area contributed by atoms with Gasteiger partial charge in [-0.05, 0) is 46.6 Å². The standard InChI is InChI=1S/C21H24F4N4O3S/c1-11-5-6-15(29(11)19(31)32-20(2,3)4)17(30)27-8-12-7-13(14(22)9-26-12)18-28-10-16(33-18)21(23,24)25/h7,9-11,15H,5-6,8H2,1-4H3,(H,27,30). The molecule has 1 saturated heterocycles. The van der Waals surface area contributed by atoms with Gasteiger partial charge in [0.2, 0.25) is 5.91 Å². The van der Waals surface area contributed by atoms with Crippen LogP contribution in [0.15, 0.2) is 18.5 Å². The van der Waals surface area contributed by atoms with E-state index in [4.69, 9.17) is 4.74 Å². The normalized spacial score (nSPS) is 19.0. The Hall–Kier alpha value is -2.76. The minimum atomic E-state index is -4.57. The number of nitrogens with zero attached hydrogens (tertiary/aromatic N) is 3. The SMILES string of the molecule is CC1CCC(C(=O)NCc2cc(-c3ncc(C(F)(F)F)s3)c(F)cn2)N1C(=O)OC(C)(C)C. The first kappa shape index (κ1) is 24.9. The van der Waals surface area contributed by atoms with E-state index in [2.05, 4.69) is 15.3 Å². The third-order valence-corrected chi connectivity index (χ3v) is 6.02. The number of ether oxygens (including phenoxy) is 1. The molecule has 3 rings (SSSR count). The Morgan fingerprint density at radius 2 is 1.91 bits per heavy atom. The largest absolute Gasteiger partial charge is 0.444 e. The van der Waals surface area contributed by atoms with Gasteiger partial charge in [-0.25, -0.2) is 14.2 Å². The Kier molecular flexibility index (Phi) is 6.96. The molecule has 2 unspecified atom stereocenters. The Labute approximate surface area is 192 Å². The smallest absolute Gasteiger partial charge is 0.427 e. The fourth-order valence-electron chi connectivity index (χ4n) is 3.43. The number of nitrogens with one attached hydrogen (secondary N) is 1. The van der Waals surface area contributed by atoms with Crippen molar-refractivity contribution in [1.29, 1.82) is 0 Å². The molecule has 0 aromatic carbocycles. The van der Waals surface area contributed by atoms with Crippen molar-refractivity contribution in [3.63, 3.8) is 0 Å². The summed E-state index contributed by atoms with van der Waals surface area (Å²) in [5.41, 5.74) is -0.616. The molecule has 33 heavy (non-hydrogen) atoms. The quantitative estimate of drug-likeness (QED) is 0.627. The average molecular weight is 489 g/mol. The highest BCUT2D eigenvalue weighted by atomic mass is 32.1. The lowest BCUT2D eigenvalue weighted by Crippen LogP contribution is -2.49. The molecule has 0 bridgehead atoms. The monoisotopic (exact) mass is 488 g/mol. The molecule has 1 aliphatic rings. The number of hydrogen-bond donors (Lipinski definition) is 1. The third-order valence-electron chi connectivity index (χ3n) is 4.95. The highest BCUT2D eigenvalue weighted by Crippen LogP contribution is 2.37. The van der Waals surface area contributed by atoms with E-state index in [1.165, 1.54) is 11.0 Å². The summed E-state index contributed by atoms with van der Waals surface area (Å²) in [6.45, 7) is 6.93. The molecule has 0 aliphatic carbocycles. The van der Waals surface area contributed by atoms with Gasteiger partial charge in [0, 0.05) is 11.6 Å². The van der Waals surface area contributed by atoms with E-state index < -0.39 is 40.5 Å². The zero-order chi connectivity index (χ0) is 24.6. The molecule has 3 heterocycles. The maximum atomic E-state index is 14.2. The van der Waals surface area contributed by atoms with Crippen molar-refractivity contribution in [2.75, 3.05) is 0 Å². The number of aromatic nitrogens is 2. The highest BCUT2D eigenvalue weighted by Gasteiger charge is 2.41. The molecule has 1 N–H and O–H groups in total. The molecule has 2 aromatic heterocycles. The van der Waals surface area contributed by atoms with Crippen molar-refractivity contribution in [2.24, 2.45) is 0 Å². The second-order valence-corrected chi connectivity index (χ2v) is 9.76. The topological polar surface area (TPSA) is 84.4 Å². The number of carbonyl (C=O) groups is 2. The summed E-state index contributed by atoms with van der Waals surface area (Å²) in [6.07, 6.45) is -2.56. The van der Waals surface area contributed by atoms with Crippen molar-refractivity contribution in [3.8, 4) is 10.6 Å². The van der Waals surface area contributed by atoms with Crippen LogP contribution in [0.2, 0.25) is 0 Å². The number of thiazole rings is 1. The van der Waals surface area contributed by atoms with Gasteiger partial charge in [0.15, 0.2) is 5.82 Å². The summed E-state index contributed by atoms with van der Waals surface area (Å²) in [5.74, 6) is -1.25. The molecule has 2 aromatic rings. The lowest BCUT2D eigenvalue weighted by Gasteiger charge is -2.30. The van der Waals surface area contributed by atoms with Crippen molar-refractivity contribution < 1.29 is 31.9 Å². The van der Waals surface area contributed by atoms with Crippen molar-refractivity contribution in [3.05, 3.63) is 34.8 Å². The van der Waals surface area contributed by atoms with Crippen LogP contribution in [-0.2, 0) is 22.3 Å². The average Bonchev–Trinajstić information content (AvgIpc) is 3.32. The minimum Gasteiger partial charge on any atom is -0.444 e. The van der Waals surface area contributed by atoms with E-state index >= 15 is 0 Å². The van der Waals surface area contributed by atoms with Crippen LogP contribution >= 0.6 is 11.3 Å². The van der Waals surface area contributed by atoms with E-state index in [1.54, 1.807) is 20.8 Å². The van der Waals surface area contributed by atoms with Crippen molar-refractivity contribution >= 4 is 23.3 Å². The molecule has 180 valence electrons. The highest BCUT2D eigenvalue weighted by molar-refractivity contribution is 7.15. The lowest BCUT2D eigenvalue weighted by atomic mass is 10.2. The number of pyridine rings is 1. The molecule has 7 nitrogen and oxygen atoms in total. The summed E-state index contributed by atoms with van der Waals surface area (Å²) >= 11 is 0.319. The minimum absolute atomic E-state index is 0.101. The van der Waals surface area contributed by atoms with Crippen LogP contribution in [0.4, 0.5) is 22.4 Å². The predicted molar refractivity (Wildman–Crippen MR) is 113 cm³/mol. The number of hydrogen-bond acceptors (Lipinski definition) is 6. The molecule has 2 amide bonds. The zero-order valence-electron chi connectivity index (χ0n) is 18.5. The van der Waals surface area contributed by atoms with E-state index in [-0.39, 0.29) is 28.9 Å². The fourth-order valence-corrected chi connectivity index (χ4v) is 4.23. The summed E-state index contributed by atoms with van der Waals surface area (Å²) in [7, 11) is 0. The summed E-state index contributed by atoms with van der Waals surface area (Å²) < 4.78 is 58.1. The van der Waals surface area contributed by atoms with Crippen LogP contribution < -0.4 is 5.32 Å². The van der Waals surface area contributed by atoms with Crippen molar-refractivity contribution in [1.82, 2.24) is 20.2 Å². The second kappa shape index (κ2) is 9.24. The van der Waals surface area contributed by atoms with Gasteiger partial charge in [-0.15, -0.1) is 11.3 Å². The summed E-state index contributed by atoms with van der Waals surface area (Å²) in [5, 5.41) is 2.52. The summed E-state index contributed by atoms with van der Waals surface area (Å²) in [6, 6.07) is 0.333. The number of amides is 2. The van der Waals surface area contributed by atoms with Crippen molar-refractivity contribution in [2.45, 2.75) is 70.9 Å². The number of rotatable bonds is 4. The van der Waals surface area contributed by atoms with Gasteiger partial charge < -0.3 is 10.1 Å². The van der Waals surface area contributed by atoms with Crippen LogP contribution in [0.1, 0.15) is 51.1 Å². The van der Waals surface area contributed by atoms with Gasteiger partial charge in [-0.2, -0.15) is 13.2 Å². The Balaban J connectivity index is 1.71. The van der Waals surface area contributed by atoms with Gasteiger partial charge in [0.25, 0.3) is 0 Å². The molecular formula is C21H24F4N4O3S. The third kappa shape index (κ3) is 5.98. The lowest BCUT2D eigenvalue weighted by molar-refractivity contribution is -0.134. The predicted octanol–water partition coefficient (Wildman–Crippen LogP) is 4.77. The molecule has 0 saturated carbocycles. The Morgan fingerprint density at radius 3 is 2.52 bits per heavy atom. The number of halogens is 4. The molecular weight excluding hydrogens is 464 g/mol. The van der Waals surface area contributed by atoms with Gasteiger partial charge in [-0.1, -0.05) is 0 Å². The number of carbonyl (C=O) groups excluding carboxylic acids is 2. The molecule has 1 fully saturated rings. The first-order valence-electron chi connectivity index (χ1n) is 10.2. The van der Waals surface area contributed by atoms with Crippen LogP contribution in [0, 0.1) is 5.82 Å². The molecule has 0 radical (unpaired) electrons. The Morgan fingerprint density at radius 1 is 1.21 bits per heavy atom. The Bertz CT molecular complexity index is 1040. The van der Waals surface area contributed by atoms with Gasteiger partial charge in [-0.3, -0.25) is 14.7 Å². The number of likely N-dealkylation sites (tertiary alicyclic amines) is 1. The first-order valence-corrected chi connectivity index (χ1v) is 11.0. The van der Waals surface area contributed by atoms with Gasteiger partial charge >= 0.3 is 12.3 Å². The zero-order valence-corrected chi connectivity index (χ0v) is 19.3. The maximum absolute atomic E-state index is 14.2. The van der Waals surface area contributed by atoms with E-state index in [0.717, 1.165) is 6.20 Å². The van der Waals surface area contributed by atoms with E-state index in [1.807, 2.05) is 6.92 Å². The first-order chi connectivity index (χ1) is 15.3. The fraction of sp³-hybridized carbons (Fsp3) is 0.524. The molecule has 1 aliphatic heterocycles. The number of alkyl halides is 3. The molecule has 0 spiro atoms. The second-order valence-electron chi connectivity index (χ2n) is 8.73. The molecule has 2 atom stereocenters. The van der Waals surface area contributed by atoms with E-state index in [9.17, 15) is 27.2 Å².